The summed E-state index contributed by atoms with van der Waals surface area (Å²) in [5, 5.41) is 6.42. The van der Waals surface area contributed by atoms with Crippen LogP contribution in [0.4, 0.5) is 0 Å². The van der Waals surface area contributed by atoms with Crippen LogP contribution in [0, 0.1) is 5.92 Å². The topological polar surface area (TPSA) is 123 Å². The predicted molar refractivity (Wildman–Crippen MR) is 142 cm³/mol. The molecule has 1 aliphatic rings. The predicted octanol–water partition coefficient (Wildman–Crippen LogP) is 2.75. The summed E-state index contributed by atoms with van der Waals surface area (Å²) in [5.41, 5.74) is 6.80. The second kappa shape index (κ2) is 13.9. The third kappa shape index (κ3) is 8.94. The van der Waals surface area contributed by atoms with E-state index in [1.165, 1.54) is 19.8 Å². The van der Waals surface area contributed by atoms with Gasteiger partial charge in [0.25, 0.3) is 5.91 Å². The van der Waals surface area contributed by atoms with Gasteiger partial charge in [-0.25, -0.2) is 0 Å². The van der Waals surface area contributed by atoms with E-state index in [4.69, 9.17) is 26.8 Å². The Morgan fingerprint density at radius 2 is 1.68 bits per heavy atom. The third-order valence-electron chi connectivity index (χ3n) is 6.51. The van der Waals surface area contributed by atoms with Gasteiger partial charge in [-0.3, -0.25) is 19.3 Å². The number of nitrogens with two attached hydrogens (primary N) is 1. The molecule has 1 unspecified atom stereocenters. The minimum Gasteiger partial charge on any atom is -0.497 e. The van der Waals surface area contributed by atoms with Gasteiger partial charge in [0.15, 0.2) is 0 Å². The van der Waals surface area contributed by atoms with Gasteiger partial charge in [-0.2, -0.15) is 0 Å². The number of piperidine rings is 1. The molecule has 0 spiro atoms. The van der Waals surface area contributed by atoms with Crippen molar-refractivity contribution in [1.82, 2.24) is 15.5 Å². The molecule has 1 fully saturated rings. The SMILES string of the molecule is COc1cc(OC)cc(C(=O)NC(CCC(N)=O)C(=O)NCC2CCN(Cc3ccc(Cl)cc3)CC2)c1. The molecule has 2 aromatic carbocycles. The molecule has 3 rings (SSSR count). The van der Waals surface area contributed by atoms with Gasteiger partial charge in [0, 0.05) is 36.2 Å². The van der Waals surface area contributed by atoms with Crippen LogP contribution >= 0.6 is 11.6 Å². The van der Waals surface area contributed by atoms with Gasteiger partial charge in [0.1, 0.15) is 17.5 Å². The van der Waals surface area contributed by atoms with E-state index in [1.807, 2.05) is 24.3 Å². The molecule has 37 heavy (non-hydrogen) atoms. The zero-order valence-corrected chi connectivity index (χ0v) is 22.1. The van der Waals surface area contributed by atoms with Crippen LogP contribution in [0.1, 0.15) is 41.6 Å². The van der Waals surface area contributed by atoms with Crippen LogP contribution in [0.15, 0.2) is 42.5 Å². The fourth-order valence-corrected chi connectivity index (χ4v) is 4.43. The molecule has 0 radical (unpaired) electrons. The Balaban J connectivity index is 1.53. The number of likely N-dealkylation sites (tertiary alicyclic amines) is 1. The van der Waals surface area contributed by atoms with Crippen molar-refractivity contribution in [2.24, 2.45) is 11.7 Å². The number of primary amides is 1. The number of hydrogen-bond donors (Lipinski definition) is 3. The molecule has 0 aromatic heterocycles. The molecule has 4 N–H and O–H groups in total. The summed E-state index contributed by atoms with van der Waals surface area (Å²) in [6.07, 6.45) is 1.99. The molecule has 9 nitrogen and oxygen atoms in total. The number of nitrogens with one attached hydrogen (secondary N) is 2. The molecular formula is C27H35ClN4O5. The number of hydrogen-bond acceptors (Lipinski definition) is 6. The standard InChI is InChI=1S/C27H35ClN4O5/c1-36-22-13-20(14-23(15-22)37-2)26(34)31-24(7-8-25(29)33)27(35)30-16-18-9-11-32(12-10-18)17-19-3-5-21(28)6-4-19/h3-6,13-15,18,24H,7-12,16-17H2,1-2H3,(H2,29,33)(H,30,35)(H,31,34). The van der Waals surface area contributed by atoms with Gasteiger partial charge in [-0.15, -0.1) is 0 Å². The van der Waals surface area contributed by atoms with Crippen molar-refractivity contribution in [2.45, 2.75) is 38.3 Å². The first kappa shape index (κ1) is 28.3. The van der Waals surface area contributed by atoms with Gasteiger partial charge >= 0.3 is 0 Å². The largest absolute Gasteiger partial charge is 0.497 e. The number of halogens is 1. The summed E-state index contributed by atoms with van der Waals surface area (Å²) >= 11 is 5.97. The average Bonchev–Trinajstić information content (AvgIpc) is 2.91. The Morgan fingerprint density at radius 3 is 2.24 bits per heavy atom. The number of rotatable bonds is 12. The number of methoxy groups -OCH3 is 2. The highest BCUT2D eigenvalue weighted by Gasteiger charge is 2.25. The van der Waals surface area contributed by atoms with Gasteiger partial charge in [0.05, 0.1) is 14.2 Å². The van der Waals surface area contributed by atoms with Crippen molar-refractivity contribution < 1.29 is 23.9 Å². The Morgan fingerprint density at radius 1 is 1.05 bits per heavy atom. The van der Waals surface area contributed by atoms with Gasteiger partial charge in [0.2, 0.25) is 11.8 Å². The van der Waals surface area contributed by atoms with E-state index in [-0.39, 0.29) is 24.3 Å². The lowest BCUT2D eigenvalue weighted by molar-refractivity contribution is -0.123. The molecule has 0 saturated carbocycles. The molecule has 0 bridgehead atoms. The quantitative estimate of drug-likeness (QED) is 0.388. The van der Waals surface area contributed by atoms with Crippen LogP contribution in [-0.4, -0.2) is 62.5 Å². The molecule has 1 atom stereocenters. The van der Waals surface area contributed by atoms with Crippen molar-refractivity contribution >= 4 is 29.3 Å². The minimum absolute atomic E-state index is 0.0249. The molecule has 2 aromatic rings. The van der Waals surface area contributed by atoms with E-state index < -0.39 is 17.9 Å². The highest BCUT2D eigenvalue weighted by molar-refractivity contribution is 6.30. The van der Waals surface area contributed by atoms with Crippen molar-refractivity contribution in [1.29, 1.82) is 0 Å². The molecule has 1 saturated heterocycles. The number of amides is 3. The van der Waals surface area contributed by atoms with Gasteiger partial charge in [-0.1, -0.05) is 23.7 Å². The number of carbonyl (C=O) groups excluding carboxylic acids is 3. The van der Waals surface area contributed by atoms with Crippen molar-refractivity contribution in [3.63, 3.8) is 0 Å². The second-order valence-electron chi connectivity index (χ2n) is 9.22. The monoisotopic (exact) mass is 530 g/mol. The number of benzene rings is 2. The fourth-order valence-electron chi connectivity index (χ4n) is 4.30. The maximum absolute atomic E-state index is 13.0. The molecule has 0 aliphatic carbocycles. The zero-order valence-electron chi connectivity index (χ0n) is 21.3. The summed E-state index contributed by atoms with van der Waals surface area (Å²) in [6.45, 7) is 3.24. The number of ether oxygens (including phenoxy) is 2. The zero-order chi connectivity index (χ0) is 26.8. The summed E-state index contributed by atoms with van der Waals surface area (Å²) in [5.74, 6) is -0.121. The van der Waals surface area contributed by atoms with Crippen molar-refractivity contribution in [3.8, 4) is 11.5 Å². The molecule has 1 heterocycles. The van der Waals surface area contributed by atoms with E-state index in [9.17, 15) is 14.4 Å². The van der Waals surface area contributed by atoms with Crippen LogP contribution in [0.2, 0.25) is 5.02 Å². The van der Waals surface area contributed by atoms with Crippen LogP contribution in [0.3, 0.4) is 0 Å². The first-order valence-electron chi connectivity index (χ1n) is 12.3. The summed E-state index contributed by atoms with van der Waals surface area (Å²) < 4.78 is 10.4. The van der Waals surface area contributed by atoms with Crippen molar-refractivity contribution in [2.75, 3.05) is 33.9 Å². The maximum Gasteiger partial charge on any atom is 0.252 e. The highest BCUT2D eigenvalue weighted by atomic mass is 35.5. The van der Waals surface area contributed by atoms with E-state index >= 15 is 0 Å². The second-order valence-corrected chi connectivity index (χ2v) is 9.66. The number of carbonyl (C=O) groups is 3. The van der Waals surface area contributed by atoms with E-state index in [0.717, 1.165) is 37.5 Å². The molecule has 10 heteroatoms. The highest BCUT2D eigenvalue weighted by Crippen LogP contribution is 2.23. The van der Waals surface area contributed by atoms with E-state index in [2.05, 4.69) is 15.5 Å². The summed E-state index contributed by atoms with van der Waals surface area (Å²) in [6, 6.07) is 11.7. The van der Waals surface area contributed by atoms with Crippen LogP contribution in [-0.2, 0) is 16.1 Å². The van der Waals surface area contributed by atoms with Crippen LogP contribution in [0.25, 0.3) is 0 Å². The van der Waals surface area contributed by atoms with E-state index in [1.54, 1.807) is 18.2 Å². The lowest BCUT2D eigenvalue weighted by Gasteiger charge is -2.32. The third-order valence-corrected chi connectivity index (χ3v) is 6.76. The van der Waals surface area contributed by atoms with Gasteiger partial charge < -0.3 is 25.8 Å². The van der Waals surface area contributed by atoms with Crippen molar-refractivity contribution in [3.05, 3.63) is 58.6 Å². The maximum atomic E-state index is 13.0. The fraction of sp³-hybridized carbons (Fsp3) is 0.444. The first-order valence-corrected chi connectivity index (χ1v) is 12.7. The molecule has 1 aliphatic heterocycles. The first-order chi connectivity index (χ1) is 17.8. The van der Waals surface area contributed by atoms with Gasteiger partial charge in [-0.05, 0) is 68.1 Å². The Labute approximate surface area is 222 Å². The Bertz CT molecular complexity index is 1050. The molecule has 3 amide bonds. The Hall–Kier alpha value is -3.30. The average molecular weight is 531 g/mol. The van der Waals surface area contributed by atoms with Crippen LogP contribution < -0.4 is 25.8 Å². The minimum atomic E-state index is -0.901. The normalized spacial score (nSPS) is 15.0. The Kier molecular flexibility index (Phi) is 10.6. The summed E-state index contributed by atoms with van der Waals surface area (Å²) in [7, 11) is 2.98. The molecular weight excluding hydrogens is 496 g/mol. The molecule has 200 valence electrons. The summed E-state index contributed by atoms with van der Waals surface area (Å²) in [4.78, 5) is 39.7. The van der Waals surface area contributed by atoms with E-state index in [0.29, 0.717) is 24.0 Å². The lowest BCUT2D eigenvalue weighted by Crippen LogP contribution is -2.48. The lowest BCUT2D eigenvalue weighted by atomic mass is 9.96. The van der Waals surface area contributed by atoms with Crippen LogP contribution in [0.5, 0.6) is 11.5 Å². The smallest absolute Gasteiger partial charge is 0.252 e. The number of nitrogens with zero attached hydrogens (tertiary/aromatic N) is 1.